The van der Waals surface area contributed by atoms with Crippen LogP contribution in [-0.2, 0) is 7.05 Å². The Morgan fingerprint density at radius 3 is 2.71 bits per heavy atom. The first-order valence-electron chi connectivity index (χ1n) is 4.15. The maximum absolute atomic E-state index is 11.1. The monoisotopic (exact) mass is 190 g/mol. The number of hydrogen-bond donors (Lipinski definition) is 1. The molecule has 0 aliphatic carbocycles. The van der Waals surface area contributed by atoms with Crippen LogP contribution in [-0.4, -0.2) is 14.3 Å². The lowest BCUT2D eigenvalue weighted by Crippen LogP contribution is -2.15. The second kappa shape index (κ2) is 3.02. The van der Waals surface area contributed by atoms with Gasteiger partial charge in [-0.15, -0.1) is 0 Å². The summed E-state index contributed by atoms with van der Waals surface area (Å²) in [7, 11) is 1.69. The zero-order valence-electron chi connectivity index (χ0n) is 7.71. The summed E-state index contributed by atoms with van der Waals surface area (Å²) in [5.74, 6) is 0.457. The van der Waals surface area contributed by atoms with Gasteiger partial charge < -0.3 is 10.3 Å². The largest absolute Gasteiger partial charge is 0.382 e. The molecule has 0 saturated heterocycles. The number of nitrogens with zero attached hydrogens (tertiary/aromatic N) is 3. The minimum absolute atomic E-state index is 0.0473. The van der Waals surface area contributed by atoms with E-state index in [1.54, 1.807) is 36.3 Å². The zero-order valence-corrected chi connectivity index (χ0v) is 7.71. The molecule has 0 unspecified atom stereocenters. The van der Waals surface area contributed by atoms with Crippen LogP contribution in [0.4, 0.5) is 5.82 Å². The highest BCUT2D eigenvalue weighted by molar-refractivity contribution is 5.32. The van der Waals surface area contributed by atoms with Crippen LogP contribution in [0.2, 0.25) is 0 Å². The molecule has 14 heavy (non-hydrogen) atoms. The molecular weight excluding hydrogens is 180 g/mol. The molecule has 2 aromatic heterocycles. The van der Waals surface area contributed by atoms with Gasteiger partial charge in [0.2, 0.25) is 5.56 Å². The normalized spacial score (nSPS) is 10.4. The molecule has 2 N–H and O–H groups in total. The van der Waals surface area contributed by atoms with Crippen LogP contribution in [0.15, 0.2) is 35.4 Å². The van der Waals surface area contributed by atoms with E-state index in [1.807, 2.05) is 0 Å². The second-order valence-corrected chi connectivity index (χ2v) is 3.02. The number of anilines is 1. The Bertz CT molecular complexity index is 512. The molecule has 2 aromatic rings. The summed E-state index contributed by atoms with van der Waals surface area (Å²) in [5.41, 5.74) is 6.25. The molecule has 0 aliphatic rings. The van der Waals surface area contributed by atoms with E-state index < -0.39 is 0 Å². The summed E-state index contributed by atoms with van der Waals surface area (Å²) in [6.07, 6.45) is 3.45. The minimum Gasteiger partial charge on any atom is -0.382 e. The van der Waals surface area contributed by atoms with Crippen molar-refractivity contribution in [2.24, 2.45) is 7.05 Å². The van der Waals surface area contributed by atoms with Crippen molar-refractivity contribution in [2.45, 2.75) is 0 Å². The van der Waals surface area contributed by atoms with E-state index in [2.05, 4.69) is 5.10 Å². The van der Waals surface area contributed by atoms with Crippen molar-refractivity contribution in [1.29, 1.82) is 0 Å². The third-order valence-electron chi connectivity index (χ3n) is 1.94. The number of aromatic nitrogens is 3. The predicted molar refractivity (Wildman–Crippen MR) is 53.2 cm³/mol. The molecule has 2 heterocycles. The topological polar surface area (TPSA) is 65.8 Å². The molecule has 0 aliphatic heterocycles. The highest BCUT2D eigenvalue weighted by atomic mass is 16.1. The summed E-state index contributed by atoms with van der Waals surface area (Å²) in [5, 5.41) is 4.03. The Balaban J connectivity index is 2.52. The van der Waals surface area contributed by atoms with E-state index in [0.29, 0.717) is 5.82 Å². The van der Waals surface area contributed by atoms with Crippen LogP contribution >= 0.6 is 0 Å². The highest BCUT2D eigenvalue weighted by Gasteiger charge is 1.99. The summed E-state index contributed by atoms with van der Waals surface area (Å²) in [6.45, 7) is 0. The van der Waals surface area contributed by atoms with Gasteiger partial charge in [-0.25, -0.2) is 4.68 Å². The van der Waals surface area contributed by atoms with Gasteiger partial charge in [0.1, 0.15) is 5.82 Å². The highest BCUT2D eigenvalue weighted by Crippen LogP contribution is 2.05. The van der Waals surface area contributed by atoms with Gasteiger partial charge in [-0.05, 0) is 6.07 Å². The third-order valence-corrected chi connectivity index (χ3v) is 1.94. The van der Waals surface area contributed by atoms with Gasteiger partial charge in [0.15, 0.2) is 0 Å². The maximum atomic E-state index is 11.1. The second-order valence-electron chi connectivity index (χ2n) is 3.02. The van der Waals surface area contributed by atoms with Gasteiger partial charge in [-0.1, -0.05) is 0 Å². The Labute approximate surface area is 80.4 Å². The van der Waals surface area contributed by atoms with Gasteiger partial charge in [0.05, 0.1) is 5.69 Å². The minimum atomic E-state index is -0.0473. The fraction of sp³-hybridized carbons (Fsp3) is 0.111. The van der Waals surface area contributed by atoms with Crippen LogP contribution < -0.4 is 11.3 Å². The van der Waals surface area contributed by atoms with Crippen molar-refractivity contribution in [3.8, 4) is 5.69 Å². The molecule has 0 bridgehead atoms. The molecule has 0 amide bonds. The number of rotatable bonds is 1. The first-order chi connectivity index (χ1) is 6.66. The van der Waals surface area contributed by atoms with Crippen molar-refractivity contribution in [2.75, 3.05) is 5.73 Å². The molecule has 0 aromatic carbocycles. The number of nitrogen functional groups attached to an aromatic ring is 1. The van der Waals surface area contributed by atoms with Crippen molar-refractivity contribution in [3.05, 3.63) is 40.9 Å². The van der Waals surface area contributed by atoms with Gasteiger partial charge in [-0.2, -0.15) is 5.10 Å². The van der Waals surface area contributed by atoms with E-state index >= 15 is 0 Å². The van der Waals surface area contributed by atoms with Crippen LogP contribution in [0.3, 0.4) is 0 Å². The van der Waals surface area contributed by atoms with E-state index in [1.165, 1.54) is 10.6 Å². The van der Waals surface area contributed by atoms with Crippen LogP contribution in [0.5, 0.6) is 0 Å². The molecule has 2 rings (SSSR count). The van der Waals surface area contributed by atoms with Crippen molar-refractivity contribution in [1.82, 2.24) is 14.3 Å². The smallest absolute Gasteiger partial charge is 0.250 e. The molecular formula is C9H10N4O. The van der Waals surface area contributed by atoms with Gasteiger partial charge >= 0.3 is 0 Å². The lowest BCUT2D eigenvalue weighted by molar-refractivity contribution is 0.813. The van der Waals surface area contributed by atoms with Gasteiger partial charge in [-0.3, -0.25) is 4.79 Å². The molecule has 0 saturated carbocycles. The Morgan fingerprint density at radius 1 is 1.36 bits per heavy atom. The predicted octanol–water partition coefficient (Wildman–Crippen LogP) is 0.153. The Morgan fingerprint density at radius 2 is 2.14 bits per heavy atom. The Kier molecular flexibility index (Phi) is 1.85. The summed E-state index contributed by atoms with van der Waals surface area (Å²) in [6, 6.07) is 4.90. The van der Waals surface area contributed by atoms with Gasteiger partial charge in [0.25, 0.3) is 0 Å². The number of hydrogen-bond acceptors (Lipinski definition) is 3. The average Bonchev–Trinajstić information content (AvgIpc) is 2.57. The third kappa shape index (κ3) is 1.39. The molecule has 72 valence electrons. The van der Waals surface area contributed by atoms with Crippen LogP contribution in [0, 0.1) is 0 Å². The molecule has 0 atom stereocenters. The zero-order chi connectivity index (χ0) is 10.1. The summed E-state index contributed by atoms with van der Waals surface area (Å²) < 4.78 is 3.11. The number of pyridine rings is 1. The van der Waals surface area contributed by atoms with E-state index in [9.17, 15) is 4.79 Å². The first-order valence-corrected chi connectivity index (χ1v) is 4.15. The van der Waals surface area contributed by atoms with E-state index in [-0.39, 0.29) is 5.56 Å². The maximum Gasteiger partial charge on any atom is 0.250 e. The van der Waals surface area contributed by atoms with E-state index in [0.717, 1.165) is 5.69 Å². The molecule has 5 heteroatoms. The lowest BCUT2D eigenvalue weighted by atomic mass is 10.4. The fourth-order valence-electron chi connectivity index (χ4n) is 1.20. The van der Waals surface area contributed by atoms with Crippen LogP contribution in [0.1, 0.15) is 0 Å². The fourth-order valence-corrected chi connectivity index (χ4v) is 1.20. The molecule has 0 spiro atoms. The Hall–Kier alpha value is -2.04. The average molecular weight is 190 g/mol. The summed E-state index contributed by atoms with van der Waals surface area (Å²) >= 11 is 0. The lowest BCUT2D eigenvalue weighted by Gasteiger charge is -2.02. The van der Waals surface area contributed by atoms with Crippen LogP contribution in [0.25, 0.3) is 5.69 Å². The quantitative estimate of drug-likeness (QED) is 0.696. The number of nitrogens with two attached hydrogens (primary N) is 1. The van der Waals surface area contributed by atoms with Gasteiger partial charge in [0, 0.05) is 31.6 Å². The SMILES string of the molecule is Cn1cc(-n2ccc(N)n2)ccc1=O. The molecule has 0 fully saturated rings. The summed E-state index contributed by atoms with van der Waals surface area (Å²) in [4.78, 5) is 11.1. The van der Waals surface area contributed by atoms with Crippen molar-refractivity contribution >= 4 is 5.82 Å². The molecule has 5 nitrogen and oxygen atoms in total. The van der Waals surface area contributed by atoms with E-state index in [4.69, 9.17) is 5.73 Å². The van der Waals surface area contributed by atoms with Crippen molar-refractivity contribution in [3.63, 3.8) is 0 Å². The first kappa shape index (κ1) is 8.55. The molecule has 0 radical (unpaired) electrons. The number of aryl methyl sites for hydroxylation is 1. The standard InChI is InChI=1S/C9H10N4O/c1-12-6-7(2-3-9(12)14)13-5-4-8(10)11-13/h2-6H,1H3,(H2,10,11). The van der Waals surface area contributed by atoms with Crippen molar-refractivity contribution < 1.29 is 0 Å².